The maximum atomic E-state index is 9.17. The van der Waals surface area contributed by atoms with E-state index in [1.165, 1.54) is 6.08 Å². The Hall–Kier alpha value is -3.24. The molecule has 120 valence electrons. The van der Waals surface area contributed by atoms with Crippen LogP contribution in [0.15, 0.2) is 60.6 Å². The van der Waals surface area contributed by atoms with E-state index in [1.807, 2.05) is 49.3 Å². The molecular formula is C20H19N3O. The van der Waals surface area contributed by atoms with Crippen molar-refractivity contribution < 1.29 is 4.74 Å². The molecule has 0 bridgehead atoms. The highest BCUT2D eigenvalue weighted by Crippen LogP contribution is 2.26. The van der Waals surface area contributed by atoms with Gasteiger partial charge in [-0.3, -0.25) is 0 Å². The van der Waals surface area contributed by atoms with Crippen LogP contribution in [-0.4, -0.2) is 14.1 Å². The highest BCUT2D eigenvalue weighted by Gasteiger charge is 2.16. The van der Waals surface area contributed by atoms with Crippen molar-refractivity contribution in [3.05, 3.63) is 71.7 Å². The van der Waals surface area contributed by atoms with Crippen molar-refractivity contribution in [2.45, 2.75) is 6.42 Å². The molecule has 0 saturated heterocycles. The molecular weight excluding hydrogens is 298 g/mol. The summed E-state index contributed by atoms with van der Waals surface area (Å²) in [4.78, 5) is 2.04. The van der Waals surface area contributed by atoms with Crippen LogP contribution in [0.25, 0.3) is 6.08 Å². The van der Waals surface area contributed by atoms with Gasteiger partial charge in [0.25, 0.3) is 0 Å². The van der Waals surface area contributed by atoms with Crippen LogP contribution in [0.2, 0.25) is 0 Å². The zero-order valence-corrected chi connectivity index (χ0v) is 13.9. The number of nitriles is 2. The molecule has 1 aliphatic heterocycles. The average Bonchev–Trinajstić information content (AvgIpc) is 2.59. The Kier molecular flexibility index (Phi) is 5.60. The molecule has 0 aromatic heterocycles. The van der Waals surface area contributed by atoms with E-state index in [4.69, 9.17) is 10.00 Å². The minimum Gasteiger partial charge on any atom is -0.470 e. The lowest BCUT2D eigenvalue weighted by atomic mass is 9.95. The van der Waals surface area contributed by atoms with Gasteiger partial charge in [0, 0.05) is 38.2 Å². The predicted octanol–water partition coefficient (Wildman–Crippen LogP) is 3.96. The molecule has 0 N–H and O–H groups in total. The van der Waals surface area contributed by atoms with Gasteiger partial charge in [-0.15, -0.1) is 0 Å². The van der Waals surface area contributed by atoms with Crippen LogP contribution < -0.4 is 4.90 Å². The van der Waals surface area contributed by atoms with Gasteiger partial charge in [-0.05, 0) is 35.4 Å². The predicted molar refractivity (Wildman–Crippen MR) is 95.7 cm³/mol. The van der Waals surface area contributed by atoms with Crippen LogP contribution in [0.4, 0.5) is 5.69 Å². The molecule has 1 heterocycles. The first kappa shape index (κ1) is 17.1. The standard InChI is InChI=1S/C20H19N3O/c1-4-15-5-6-19(23(2)3)11-18(15)13-20-12-16(8-10-24-20)17(14-22)7-9-21/h4-8,10-12,16H,1,13H2,2-3H3. The lowest BCUT2D eigenvalue weighted by molar-refractivity contribution is 0.326. The molecule has 2 rings (SSSR count). The third kappa shape index (κ3) is 3.94. The van der Waals surface area contributed by atoms with Crippen LogP contribution in [-0.2, 0) is 11.2 Å². The third-order valence-electron chi connectivity index (χ3n) is 3.81. The van der Waals surface area contributed by atoms with E-state index in [1.54, 1.807) is 12.3 Å². The normalized spacial score (nSPS) is 16.4. The summed E-state index contributed by atoms with van der Waals surface area (Å²) < 4.78 is 5.60. The lowest BCUT2D eigenvalue weighted by Crippen LogP contribution is -2.10. The Balaban J connectivity index is 2.31. The first-order valence-electron chi connectivity index (χ1n) is 7.55. The van der Waals surface area contributed by atoms with Crippen LogP contribution in [0.1, 0.15) is 11.1 Å². The van der Waals surface area contributed by atoms with Gasteiger partial charge in [-0.2, -0.15) is 10.5 Å². The highest BCUT2D eigenvalue weighted by atomic mass is 16.5. The fourth-order valence-corrected chi connectivity index (χ4v) is 2.48. The molecule has 0 fully saturated rings. The molecule has 0 radical (unpaired) electrons. The first-order valence-corrected chi connectivity index (χ1v) is 7.55. The molecule has 1 aromatic rings. The van der Waals surface area contributed by atoms with Crippen LogP contribution >= 0.6 is 0 Å². The molecule has 1 aromatic carbocycles. The lowest BCUT2D eigenvalue weighted by Gasteiger charge is -2.19. The van der Waals surface area contributed by atoms with Gasteiger partial charge in [-0.25, -0.2) is 0 Å². The summed E-state index contributed by atoms with van der Waals surface area (Å²) in [6, 6.07) is 10.2. The van der Waals surface area contributed by atoms with E-state index in [0.717, 1.165) is 22.6 Å². The van der Waals surface area contributed by atoms with Crippen molar-refractivity contribution in [3.8, 4) is 12.1 Å². The summed E-state index contributed by atoms with van der Waals surface area (Å²) in [5, 5.41) is 18.0. The van der Waals surface area contributed by atoms with Crippen LogP contribution in [0.3, 0.4) is 0 Å². The van der Waals surface area contributed by atoms with Gasteiger partial charge in [0.15, 0.2) is 0 Å². The maximum absolute atomic E-state index is 9.17. The molecule has 0 aliphatic carbocycles. The number of benzene rings is 1. The van der Waals surface area contributed by atoms with Gasteiger partial charge in [-0.1, -0.05) is 18.7 Å². The van der Waals surface area contributed by atoms with Gasteiger partial charge in [0.2, 0.25) is 0 Å². The number of hydrogen-bond donors (Lipinski definition) is 0. The van der Waals surface area contributed by atoms with Gasteiger partial charge >= 0.3 is 0 Å². The summed E-state index contributed by atoms with van der Waals surface area (Å²) in [5.74, 6) is 0.517. The minimum absolute atomic E-state index is 0.234. The number of allylic oxidation sites excluding steroid dienone is 5. The van der Waals surface area contributed by atoms with Crippen LogP contribution in [0, 0.1) is 28.6 Å². The van der Waals surface area contributed by atoms with Gasteiger partial charge in [0.05, 0.1) is 24.0 Å². The summed E-state index contributed by atoms with van der Waals surface area (Å²) in [6.45, 7) is 3.86. The minimum atomic E-state index is -0.234. The summed E-state index contributed by atoms with van der Waals surface area (Å²) in [5.41, 5.74) is 3.64. The molecule has 1 aliphatic rings. The Morgan fingerprint density at radius 2 is 2.17 bits per heavy atom. The molecule has 0 amide bonds. The van der Waals surface area contributed by atoms with Crippen molar-refractivity contribution in [2.24, 2.45) is 5.92 Å². The van der Waals surface area contributed by atoms with Gasteiger partial charge in [0.1, 0.15) is 5.76 Å². The van der Waals surface area contributed by atoms with Crippen molar-refractivity contribution >= 4 is 11.8 Å². The fraction of sp³-hybridized carbons (Fsp3) is 0.200. The highest BCUT2D eigenvalue weighted by molar-refractivity contribution is 5.59. The largest absolute Gasteiger partial charge is 0.470 e. The second-order valence-electron chi connectivity index (χ2n) is 5.60. The maximum Gasteiger partial charge on any atom is 0.105 e. The van der Waals surface area contributed by atoms with E-state index >= 15 is 0 Å². The molecule has 1 unspecified atom stereocenters. The van der Waals surface area contributed by atoms with Crippen LogP contribution in [0.5, 0.6) is 0 Å². The number of hydrogen-bond acceptors (Lipinski definition) is 4. The summed E-state index contributed by atoms with van der Waals surface area (Å²) in [6.07, 6.45) is 8.90. The molecule has 0 spiro atoms. The first-order chi connectivity index (χ1) is 11.6. The van der Waals surface area contributed by atoms with Crippen molar-refractivity contribution in [2.75, 3.05) is 19.0 Å². The van der Waals surface area contributed by atoms with Crippen molar-refractivity contribution in [1.82, 2.24) is 0 Å². The zero-order valence-electron chi connectivity index (χ0n) is 13.9. The topological polar surface area (TPSA) is 60.0 Å². The van der Waals surface area contributed by atoms with Crippen molar-refractivity contribution in [1.29, 1.82) is 10.5 Å². The smallest absolute Gasteiger partial charge is 0.105 e. The average molecular weight is 317 g/mol. The second kappa shape index (κ2) is 7.85. The van der Waals surface area contributed by atoms with Gasteiger partial charge < -0.3 is 9.64 Å². The third-order valence-corrected chi connectivity index (χ3v) is 3.81. The number of rotatable bonds is 5. The Bertz CT molecular complexity index is 801. The van der Waals surface area contributed by atoms with Crippen molar-refractivity contribution in [3.63, 3.8) is 0 Å². The zero-order chi connectivity index (χ0) is 17.5. The fourth-order valence-electron chi connectivity index (χ4n) is 2.48. The second-order valence-corrected chi connectivity index (χ2v) is 5.60. The Morgan fingerprint density at radius 3 is 2.79 bits per heavy atom. The monoisotopic (exact) mass is 317 g/mol. The Morgan fingerprint density at radius 1 is 1.38 bits per heavy atom. The molecule has 1 atom stereocenters. The molecule has 24 heavy (non-hydrogen) atoms. The molecule has 4 heteroatoms. The SMILES string of the molecule is C=Cc1ccc(N(C)C)cc1CC1=CC(C(C#N)=CC#N)C=CO1. The number of anilines is 1. The van der Waals surface area contributed by atoms with E-state index in [9.17, 15) is 5.26 Å². The van der Waals surface area contributed by atoms with E-state index in [2.05, 4.69) is 18.7 Å². The molecule has 0 saturated carbocycles. The molecule has 4 nitrogen and oxygen atoms in total. The quantitative estimate of drug-likeness (QED) is 0.771. The Labute approximate surface area is 142 Å². The number of nitrogens with zero attached hydrogens (tertiary/aromatic N) is 3. The van der Waals surface area contributed by atoms with E-state index in [-0.39, 0.29) is 5.92 Å². The van der Waals surface area contributed by atoms with E-state index < -0.39 is 0 Å². The van der Waals surface area contributed by atoms with E-state index in [0.29, 0.717) is 12.0 Å². The number of ether oxygens (including phenoxy) is 1. The summed E-state index contributed by atoms with van der Waals surface area (Å²) in [7, 11) is 3.99. The summed E-state index contributed by atoms with van der Waals surface area (Å²) >= 11 is 0.